The number of nitrogens with zero attached hydrogens (tertiary/aromatic N) is 1. The van der Waals surface area contributed by atoms with E-state index in [1.807, 2.05) is 20.8 Å². The summed E-state index contributed by atoms with van der Waals surface area (Å²) in [6, 6.07) is 6.82. The van der Waals surface area contributed by atoms with Crippen LogP contribution in [0.3, 0.4) is 0 Å². The molecule has 0 aliphatic carbocycles. The molecular formula is C21H31N3O4S2. The summed E-state index contributed by atoms with van der Waals surface area (Å²) in [6.45, 7) is 8.72. The van der Waals surface area contributed by atoms with Crippen molar-refractivity contribution in [2.45, 2.75) is 56.6 Å². The Hall–Kier alpha value is -1.97. The van der Waals surface area contributed by atoms with Crippen LogP contribution in [0.2, 0.25) is 0 Å². The first kappa shape index (κ1) is 24.3. The first-order valence-corrected chi connectivity index (χ1v) is 12.7. The zero-order valence-electron chi connectivity index (χ0n) is 18.0. The molecule has 0 spiro atoms. The maximum absolute atomic E-state index is 11.4. The molecule has 1 fully saturated rings. The molecule has 2 N–H and O–H groups in total. The van der Waals surface area contributed by atoms with Crippen molar-refractivity contribution in [3.05, 3.63) is 40.3 Å². The number of ether oxygens (including phenoxy) is 1. The average molecular weight is 454 g/mol. The Bertz CT molecular complexity index is 897. The van der Waals surface area contributed by atoms with Crippen LogP contribution in [0.25, 0.3) is 0 Å². The van der Waals surface area contributed by atoms with E-state index in [1.54, 1.807) is 35.6 Å². The summed E-state index contributed by atoms with van der Waals surface area (Å²) in [5.74, 6) is 0.587. The van der Waals surface area contributed by atoms with Gasteiger partial charge in [-0.15, -0.1) is 11.3 Å². The number of sulfone groups is 1. The first-order chi connectivity index (χ1) is 14.1. The maximum atomic E-state index is 11.4. The number of thiazole rings is 1. The van der Waals surface area contributed by atoms with Crippen molar-refractivity contribution in [1.82, 2.24) is 10.3 Å². The molecule has 166 valence electrons. The van der Waals surface area contributed by atoms with Crippen LogP contribution in [-0.4, -0.2) is 44.8 Å². The van der Waals surface area contributed by atoms with Crippen molar-refractivity contribution < 1.29 is 17.9 Å². The van der Waals surface area contributed by atoms with Gasteiger partial charge in [0.1, 0.15) is 5.60 Å². The average Bonchev–Trinajstić information content (AvgIpc) is 3.15. The largest absolute Gasteiger partial charge is 0.462 e. The molecule has 2 heterocycles. The zero-order chi connectivity index (χ0) is 22.2. The van der Waals surface area contributed by atoms with Crippen LogP contribution < -0.4 is 10.6 Å². The Labute approximate surface area is 183 Å². The lowest BCUT2D eigenvalue weighted by atomic mass is 9.99. The predicted octanol–water partition coefficient (Wildman–Crippen LogP) is 3.58. The quantitative estimate of drug-likeness (QED) is 0.645. The van der Waals surface area contributed by atoms with Crippen molar-refractivity contribution in [3.8, 4) is 0 Å². The van der Waals surface area contributed by atoms with Gasteiger partial charge in [-0.05, 0) is 71.0 Å². The SMILES string of the molecule is CC(C)(C)OC=O.CS(=O)(=O)c1ccc(NCc2csc(C3CCNCC3)n2)cc1. The van der Waals surface area contributed by atoms with Gasteiger partial charge in [0.25, 0.3) is 6.47 Å². The Morgan fingerprint density at radius 1 is 1.23 bits per heavy atom. The van der Waals surface area contributed by atoms with Gasteiger partial charge in [-0.2, -0.15) is 0 Å². The van der Waals surface area contributed by atoms with Crippen LogP contribution in [-0.2, 0) is 25.9 Å². The number of nitrogens with one attached hydrogen (secondary N) is 2. The summed E-state index contributed by atoms with van der Waals surface area (Å²) in [5.41, 5.74) is 1.62. The second kappa shape index (κ2) is 10.9. The van der Waals surface area contributed by atoms with E-state index in [2.05, 4.69) is 20.8 Å². The van der Waals surface area contributed by atoms with Crippen molar-refractivity contribution in [2.24, 2.45) is 0 Å². The van der Waals surface area contributed by atoms with Crippen LogP contribution in [0.4, 0.5) is 5.69 Å². The highest BCUT2D eigenvalue weighted by atomic mass is 32.2. The van der Waals surface area contributed by atoms with E-state index in [1.165, 1.54) is 11.3 Å². The molecule has 1 aromatic carbocycles. The molecule has 7 nitrogen and oxygen atoms in total. The Kier molecular flexibility index (Phi) is 8.81. The van der Waals surface area contributed by atoms with Crippen molar-refractivity contribution in [3.63, 3.8) is 0 Å². The van der Waals surface area contributed by atoms with Gasteiger partial charge in [0, 0.05) is 23.2 Å². The fraction of sp³-hybridized carbons (Fsp3) is 0.524. The summed E-state index contributed by atoms with van der Waals surface area (Å²) in [7, 11) is -3.14. The van der Waals surface area contributed by atoms with Gasteiger partial charge in [0.15, 0.2) is 9.84 Å². The van der Waals surface area contributed by atoms with Gasteiger partial charge in [0.2, 0.25) is 0 Å². The maximum Gasteiger partial charge on any atom is 0.293 e. The number of carbonyl (C=O) groups is 1. The second-order valence-corrected chi connectivity index (χ2v) is 11.1. The molecule has 2 aromatic rings. The molecule has 1 saturated heterocycles. The van der Waals surface area contributed by atoms with Crippen LogP contribution in [0, 0.1) is 0 Å². The molecule has 1 aromatic heterocycles. The number of carbonyl (C=O) groups excluding carboxylic acids is 1. The normalized spacial score (nSPS) is 15.1. The highest BCUT2D eigenvalue weighted by molar-refractivity contribution is 7.90. The van der Waals surface area contributed by atoms with Gasteiger partial charge in [0.05, 0.1) is 22.1 Å². The molecule has 0 radical (unpaired) electrons. The van der Waals surface area contributed by atoms with Crippen LogP contribution in [0.1, 0.15) is 50.2 Å². The number of rotatable bonds is 6. The van der Waals surface area contributed by atoms with Crippen LogP contribution in [0.15, 0.2) is 34.5 Å². The van der Waals surface area contributed by atoms with Gasteiger partial charge in [-0.1, -0.05) is 0 Å². The molecule has 0 atom stereocenters. The number of hydrogen-bond donors (Lipinski definition) is 2. The van der Waals surface area contributed by atoms with Gasteiger partial charge in [-0.3, -0.25) is 4.79 Å². The number of hydrogen-bond acceptors (Lipinski definition) is 8. The van der Waals surface area contributed by atoms with Crippen LogP contribution >= 0.6 is 11.3 Å². The third-order valence-corrected chi connectivity index (χ3v) is 6.60. The summed E-state index contributed by atoms with van der Waals surface area (Å²) < 4.78 is 27.4. The second-order valence-electron chi connectivity index (χ2n) is 8.18. The van der Waals surface area contributed by atoms with E-state index < -0.39 is 9.84 Å². The monoisotopic (exact) mass is 453 g/mol. The molecule has 0 amide bonds. The van der Waals surface area contributed by atoms with Gasteiger partial charge >= 0.3 is 0 Å². The molecule has 0 unspecified atom stereocenters. The van der Waals surface area contributed by atoms with E-state index in [4.69, 9.17) is 4.98 Å². The van der Waals surface area contributed by atoms with E-state index in [-0.39, 0.29) is 5.60 Å². The third-order valence-electron chi connectivity index (χ3n) is 4.42. The van der Waals surface area contributed by atoms with Crippen molar-refractivity contribution >= 4 is 33.3 Å². The lowest BCUT2D eigenvalue weighted by Crippen LogP contribution is -2.26. The fourth-order valence-corrected chi connectivity index (χ4v) is 4.44. The Balaban J connectivity index is 0.000000396. The standard InChI is InChI=1S/C16H21N3O2S2.C5H10O2/c1-23(20,21)15-4-2-13(3-5-15)18-10-14-11-22-16(19-14)12-6-8-17-9-7-12;1-5(2,3)7-4-6/h2-5,11-12,17-18H,6-10H2,1H3;4H,1-3H3. The van der Waals surface area contributed by atoms with Gasteiger partial charge < -0.3 is 15.4 Å². The number of benzene rings is 1. The Morgan fingerprint density at radius 2 is 1.87 bits per heavy atom. The summed E-state index contributed by atoms with van der Waals surface area (Å²) in [4.78, 5) is 14.7. The molecular weight excluding hydrogens is 422 g/mol. The van der Waals surface area contributed by atoms with Crippen molar-refractivity contribution in [1.29, 1.82) is 0 Å². The van der Waals surface area contributed by atoms with E-state index in [9.17, 15) is 13.2 Å². The fourth-order valence-electron chi connectivity index (χ4n) is 2.82. The number of piperidine rings is 1. The van der Waals surface area contributed by atoms with Gasteiger partial charge in [-0.25, -0.2) is 13.4 Å². The number of aromatic nitrogens is 1. The molecule has 1 aliphatic heterocycles. The first-order valence-electron chi connectivity index (χ1n) is 9.89. The smallest absolute Gasteiger partial charge is 0.293 e. The highest BCUT2D eigenvalue weighted by Crippen LogP contribution is 2.28. The Morgan fingerprint density at radius 3 is 2.37 bits per heavy atom. The number of anilines is 1. The third kappa shape index (κ3) is 8.41. The molecule has 9 heteroatoms. The van der Waals surface area contributed by atoms with E-state index >= 15 is 0 Å². The van der Waals surface area contributed by atoms with E-state index in [0.717, 1.165) is 37.3 Å². The predicted molar refractivity (Wildman–Crippen MR) is 121 cm³/mol. The minimum absolute atomic E-state index is 0.318. The summed E-state index contributed by atoms with van der Waals surface area (Å²) in [6.07, 6.45) is 3.54. The lowest BCUT2D eigenvalue weighted by Gasteiger charge is -2.20. The molecule has 3 rings (SSSR count). The lowest BCUT2D eigenvalue weighted by molar-refractivity contribution is -0.138. The summed E-state index contributed by atoms with van der Waals surface area (Å²) in [5, 5.41) is 10.0. The van der Waals surface area contributed by atoms with Crippen molar-refractivity contribution in [2.75, 3.05) is 24.7 Å². The minimum atomic E-state index is -3.14. The van der Waals surface area contributed by atoms with E-state index in [0.29, 0.717) is 23.8 Å². The molecule has 30 heavy (non-hydrogen) atoms. The molecule has 1 aliphatic rings. The van der Waals surface area contributed by atoms with Crippen LogP contribution in [0.5, 0.6) is 0 Å². The highest BCUT2D eigenvalue weighted by Gasteiger charge is 2.18. The zero-order valence-corrected chi connectivity index (χ0v) is 19.6. The summed E-state index contributed by atoms with van der Waals surface area (Å²) >= 11 is 1.74. The molecule has 0 bridgehead atoms. The molecule has 0 saturated carbocycles. The topological polar surface area (TPSA) is 97.4 Å². The minimum Gasteiger partial charge on any atom is -0.462 e.